The van der Waals surface area contributed by atoms with Gasteiger partial charge in [0.25, 0.3) is 0 Å². The Morgan fingerprint density at radius 2 is 1.93 bits per heavy atom. The van der Waals surface area contributed by atoms with E-state index in [1.165, 1.54) is 25.7 Å². The molecule has 2 heteroatoms. The molecule has 0 heterocycles. The molecule has 1 aromatic rings. The molecule has 1 aliphatic rings. The van der Waals surface area contributed by atoms with E-state index in [1.807, 2.05) is 24.3 Å². The number of hydrogen-bond donors (Lipinski definition) is 1. The number of rotatable bonds is 3. The molecule has 0 atom stereocenters. The van der Waals surface area contributed by atoms with Crippen LogP contribution in [-0.4, -0.2) is 6.61 Å². The lowest BCUT2D eigenvalue weighted by atomic mass is 10.1. The van der Waals surface area contributed by atoms with E-state index in [-0.39, 0.29) is 0 Å². The first-order valence-corrected chi connectivity index (χ1v) is 5.33. The Labute approximate surface area is 85.1 Å². The highest BCUT2D eigenvalue weighted by Crippen LogP contribution is 2.27. The van der Waals surface area contributed by atoms with Crippen LogP contribution in [0.3, 0.4) is 0 Å². The molecule has 1 fully saturated rings. The molecule has 1 saturated carbocycles. The van der Waals surface area contributed by atoms with Gasteiger partial charge in [-0.2, -0.15) is 0 Å². The van der Waals surface area contributed by atoms with Crippen LogP contribution in [0.2, 0.25) is 0 Å². The second-order valence-electron chi connectivity index (χ2n) is 4.00. The number of nitrogens with two attached hydrogens (primary N) is 1. The molecule has 0 radical (unpaired) electrons. The minimum atomic E-state index is 0.741. The molecule has 0 aromatic heterocycles. The quantitative estimate of drug-likeness (QED) is 0.745. The Hall–Kier alpha value is -1.18. The zero-order chi connectivity index (χ0) is 9.80. The molecule has 0 saturated heterocycles. The summed E-state index contributed by atoms with van der Waals surface area (Å²) in [5.74, 6) is 1.58. The highest BCUT2D eigenvalue weighted by molar-refractivity contribution is 5.51. The first-order chi connectivity index (χ1) is 6.86. The number of anilines is 1. The van der Waals surface area contributed by atoms with Crippen molar-refractivity contribution in [1.29, 1.82) is 0 Å². The van der Waals surface area contributed by atoms with Crippen LogP contribution >= 0.6 is 0 Å². The van der Waals surface area contributed by atoms with Gasteiger partial charge in [0.15, 0.2) is 0 Å². The average molecular weight is 191 g/mol. The minimum Gasteiger partial charge on any atom is -0.491 e. The van der Waals surface area contributed by atoms with Crippen LogP contribution in [0.25, 0.3) is 0 Å². The third-order valence-electron chi connectivity index (χ3n) is 2.87. The van der Waals surface area contributed by atoms with E-state index in [9.17, 15) is 0 Å². The van der Waals surface area contributed by atoms with E-state index in [0.29, 0.717) is 0 Å². The van der Waals surface area contributed by atoms with Gasteiger partial charge < -0.3 is 10.5 Å². The first kappa shape index (κ1) is 9.38. The van der Waals surface area contributed by atoms with Crippen molar-refractivity contribution < 1.29 is 4.74 Å². The van der Waals surface area contributed by atoms with E-state index >= 15 is 0 Å². The smallest absolute Gasteiger partial charge is 0.142 e. The Morgan fingerprint density at radius 3 is 2.64 bits per heavy atom. The van der Waals surface area contributed by atoms with Crippen molar-refractivity contribution in [3.8, 4) is 5.75 Å². The number of nitrogen functional groups attached to an aromatic ring is 1. The molecule has 76 valence electrons. The van der Waals surface area contributed by atoms with Crippen LogP contribution < -0.4 is 10.5 Å². The lowest BCUT2D eigenvalue weighted by molar-refractivity contribution is 0.253. The second-order valence-corrected chi connectivity index (χ2v) is 4.00. The van der Waals surface area contributed by atoms with E-state index < -0.39 is 0 Å². The Kier molecular flexibility index (Phi) is 2.92. The zero-order valence-electron chi connectivity index (χ0n) is 8.41. The van der Waals surface area contributed by atoms with Crippen molar-refractivity contribution in [2.45, 2.75) is 25.7 Å². The molecule has 1 aliphatic carbocycles. The van der Waals surface area contributed by atoms with E-state index in [2.05, 4.69) is 0 Å². The molecule has 0 aliphatic heterocycles. The van der Waals surface area contributed by atoms with Crippen molar-refractivity contribution in [3.05, 3.63) is 24.3 Å². The highest BCUT2D eigenvalue weighted by atomic mass is 16.5. The molecule has 0 spiro atoms. The lowest BCUT2D eigenvalue weighted by Gasteiger charge is -2.12. The second kappa shape index (κ2) is 4.36. The molecular weight excluding hydrogens is 174 g/mol. The monoisotopic (exact) mass is 191 g/mol. The summed E-state index contributed by atoms with van der Waals surface area (Å²) >= 11 is 0. The summed E-state index contributed by atoms with van der Waals surface area (Å²) in [6.45, 7) is 0.828. The van der Waals surface area contributed by atoms with Gasteiger partial charge in [-0.25, -0.2) is 0 Å². The van der Waals surface area contributed by atoms with Crippen LogP contribution in [0.4, 0.5) is 5.69 Å². The molecule has 0 unspecified atom stereocenters. The normalized spacial score (nSPS) is 17.1. The molecule has 2 N–H and O–H groups in total. The van der Waals surface area contributed by atoms with Crippen LogP contribution in [0.5, 0.6) is 5.75 Å². The fourth-order valence-electron chi connectivity index (χ4n) is 2.00. The predicted molar refractivity (Wildman–Crippen MR) is 58.3 cm³/mol. The predicted octanol–water partition coefficient (Wildman–Crippen LogP) is 2.84. The van der Waals surface area contributed by atoms with Crippen molar-refractivity contribution in [1.82, 2.24) is 0 Å². The molecule has 2 rings (SSSR count). The van der Waals surface area contributed by atoms with Crippen molar-refractivity contribution in [2.75, 3.05) is 12.3 Å². The first-order valence-electron chi connectivity index (χ1n) is 5.33. The van der Waals surface area contributed by atoms with Gasteiger partial charge in [-0.05, 0) is 30.9 Å². The molecular formula is C12H17NO. The maximum atomic E-state index is 5.78. The Morgan fingerprint density at radius 1 is 1.21 bits per heavy atom. The molecule has 0 amide bonds. The summed E-state index contributed by atoms with van der Waals surface area (Å²) in [5.41, 5.74) is 6.52. The number of hydrogen-bond acceptors (Lipinski definition) is 2. The minimum absolute atomic E-state index is 0.741. The summed E-state index contributed by atoms with van der Waals surface area (Å²) < 4.78 is 5.70. The van der Waals surface area contributed by atoms with E-state index in [1.54, 1.807) is 0 Å². The Bertz CT molecular complexity index is 292. The summed E-state index contributed by atoms with van der Waals surface area (Å²) in [7, 11) is 0. The van der Waals surface area contributed by atoms with Gasteiger partial charge in [0.2, 0.25) is 0 Å². The highest BCUT2D eigenvalue weighted by Gasteiger charge is 2.15. The van der Waals surface area contributed by atoms with Crippen molar-refractivity contribution in [2.24, 2.45) is 5.92 Å². The largest absolute Gasteiger partial charge is 0.491 e. The summed E-state index contributed by atoms with van der Waals surface area (Å²) in [5, 5.41) is 0. The van der Waals surface area contributed by atoms with Crippen LogP contribution in [-0.2, 0) is 0 Å². The van der Waals surface area contributed by atoms with E-state index in [4.69, 9.17) is 10.5 Å². The topological polar surface area (TPSA) is 35.2 Å². The fourth-order valence-corrected chi connectivity index (χ4v) is 2.00. The standard InChI is InChI=1S/C12H17NO/c13-11-7-3-4-8-12(11)14-9-10-5-1-2-6-10/h3-4,7-8,10H,1-2,5-6,9,13H2. The average Bonchev–Trinajstić information content (AvgIpc) is 2.69. The van der Waals surface area contributed by atoms with Crippen LogP contribution in [0.15, 0.2) is 24.3 Å². The van der Waals surface area contributed by atoms with Crippen LogP contribution in [0.1, 0.15) is 25.7 Å². The maximum Gasteiger partial charge on any atom is 0.142 e. The lowest BCUT2D eigenvalue weighted by Crippen LogP contribution is -2.08. The fraction of sp³-hybridized carbons (Fsp3) is 0.500. The van der Waals surface area contributed by atoms with Gasteiger partial charge in [0, 0.05) is 0 Å². The van der Waals surface area contributed by atoms with E-state index in [0.717, 1.165) is 24.0 Å². The van der Waals surface area contributed by atoms with Crippen LogP contribution in [0, 0.1) is 5.92 Å². The van der Waals surface area contributed by atoms with Crippen molar-refractivity contribution in [3.63, 3.8) is 0 Å². The third kappa shape index (κ3) is 2.19. The molecule has 1 aromatic carbocycles. The maximum absolute atomic E-state index is 5.78. The number of ether oxygens (including phenoxy) is 1. The number of para-hydroxylation sites is 2. The third-order valence-corrected chi connectivity index (χ3v) is 2.87. The van der Waals surface area contributed by atoms with Crippen molar-refractivity contribution >= 4 is 5.69 Å². The molecule has 14 heavy (non-hydrogen) atoms. The van der Waals surface area contributed by atoms with Gasteiger partial charge in [-0.1, -0.05) is 25.0 Å². The summed E-state index contributed by atoms with van der Waals surface area (Å²) in [4.78, 5) is 0. The zero-order valence-corrected chi connectivity index (χ0v) is 8.41. The summed E-state index contributed by atoms with van der Waals surface area (Å²) in [6.07, 6.45) is 5.34. The molecule has 0 bridgehead atoms. The van der Waals surface area contributed by atoms with Gasteiger partial charge in [0.1, 0.15) is 5.75 Å². The summed E-state index contributed by atoms with van der Waals surface area (Å²) in [6, 6.07) is 7.70. The van der Waals surface area contributed by atoms with Gasteiger partial charge in [-0.15, -0.1) is 0 Å². The molecule has 2 nitrogen and oxygen atoms in total. The number of benzene rings is 1. The van der Waals surface area contributed by atoms with Gasteiger partial charge in [0.05, 0.1) is 12.3 Å². The SMILES string of the molecule is Nc1ccccc1OCC1CCCC1. The van der Waals surface area contributed by atoms with Gasteiger partial charge in [-0.3, -0.25) is 0 Å². The van der Waals surface area contributed by atoms with Gasteiger partial charge >= 0.3 is 0 Å². The Balaban J connectivity index is 1.88.